The van der Waals surface area contributed by atoms with E-state index < -0.39 is 0 Å². The summed E-state index contributed by atoms with van der Waals surface area (Å²) in [6.45, 7) is 2.12. The van der Waals surface area contributed by atoms with Crippen molar-refractivity contribution in [3.8, 4) is 0 Å². The molecule has 1 rings (SSSR count). The average molecular weight is 208 g/mol. The third kappa shape index (κ3) is 4.47. The molecule has 2 heteroatoms. The minimum absolute atomic E-state index is 0.345. The number of ketones is 1. The van der Waals surface area contributed by atoms with Crippen molar-refractivity contribution in [2.45, 2.75) is 19.8 Å². The van der Waals surface area contributed by atoms with E-state index in [0.717, 1.165) is 17.1 Å². The van der Waals surface area contributed by atoms with Crippen molar-refractivity contribution in [1.29, 1.82) is 0 Å². The van der Waals surface area contributed by atoms with Crippen LogP contribution in [0.2, 0.25) is 0 Å². The normalized spacial score (nSPS) is 10.1. The summed E-state index contributed by atoms with van der Waals surface area (Å²) < 4.78 is 0. The quantitative estimate of drug-likeness (QED) is 0.669. The van der Waals surface area contributed by atoms with Gasteiger partial charge in [0.05, 0.1) is 0 Å². The van der Waals surface area contributed by atoms with Gasteiger partial charge in [-0.2, -0.15) is 11.8 Å². The van der Waals surface area contributed by atoms with E-state index in [-0.39, 0.29) is 0 Å². The summed E-state index contributed by atoms with van der Waals surface area (Å²) in [6.07, 6.45) is 1.29. The average Bonchev–Trinajstić information content (AvgIpc) is 2.20. The summed E-state index contributed by atoms with van der Waals surface area (Å²) in [5.74, 6) is 2.40. The van der Waals surface area contributed by atoms with Crippen molar-refractivity contribution in [3.05, 3.63) is 35.9 Å². The molecule has 0 saturated heterocycles. The van der Waals surface area contributed by atoms with Gasteiger partial charge in [0.2, 0.25) is 0 Å². The summed E-state index contributed by atoms with van der Waals surface area (Å²) in [7, 11) is 0. The van der Waals surface area contributed by atoms with E-state index in [0.29, 0.717) is 18.6 Å². The van der Waals surface area contributed by atoms with E-state index in [1.807, 2.05) is 42.1 Å². The molecule has 0 aliphatic carbocycles. The first-order valence-corrected chi connectivity index (χ1v) is 6.11. The summed E-state index contributed by atoms with van der Waals surface area (Å²) in [4.78, 5) is 11.5. The van der Waals surface area contributed by atoms with Gasteiger partial charge in [-0.15, -0.1) is 0 Å². The van der Waals surface area contributed by atoms with Crippen molar-refractivity contribution in [1.82, 2.24) is 0 Å². The van der Waals surface area contributed by atoms with Crippen molar-refractivity contribution in [2.75, 3.05) is 11.5 Å². The van der Waals surface area contributed by atoms with E-state index in [9.17, 15) is 4.79 Å². The lowest BCUT2D eigenvalue weighted by atomic mass is 10.1. The monoisotopic (exact) mass is 208 g/mol. The van der Waals surface area contributed by atoms with Gasteiger partial charge in [-0.25, -0.2) is 0 Å². The van der Waals surface area contributed by atoms with Crippen LogP contribution in [0.1, 0.15) is 18.9 Å². The van der Waals surface area contributed by atoms with Gasteiger partial charge >= 0.3 is 0 Å². The molecule has 0 radical (unpaired) electrons. The highest BCUT2D eigenvalue weighted by Gasteiger charge is 2.02. The van der Waals surface area contributed by atoms with Gasteiger partial charge in [0, 0.05) is 18.6 Å². The van der Waals surface area contributed by atoms with Crippen LogP contribution in [0, 0.1) is 0 Å². The molecule has 0 aromatic heterocycles. The molecule has 0 bridgehead atoms. The predicted molar refractivity (Wildman–Crippen MR) is 62.8 cm³/mol. The van der Waals surface area contributed by atoms with Crippen LogP contribution in [0.25, 0.3) is 0 Å². The van der Waals surface area contributed by atoms with Gasteiger partial charge in [0.25, 0.3) is 0 Å². The molecule has 0 amide bonds. The third-order valence-electron chi connectivity index (χ3n) is 1.97. The highest BCUT2D eigenvalue weighted by atomic mass is 32.2. The van der Waals surface area contributed by atoms with Crippen LogP contribution in [-0.4, -0.2) is 17.3 Å². The van der Waals surface area contributed by atoms with Crippen molar-refractivity contribution >= 4 is 17.5 Å². The molecule has 14 heavy (non-hydrogen) atoms. The Morgan fingerprint density at radius 1 is 1.29 bits per heavy atom. The van der Waals surface area contributed by atoms with Crippen molar-refractivity contribution in [3.63, 3.8) is 0 Å². The fourth-order valence-electron chi connectivity index (χ4n) is 1.24. The van der Waals surface area contributed by atoms with E-state index in [2.05, 4.69) is 6.92 Å². The van der Waals surface area contributed by atoms with E-state index in [1.54, 1.807) is 0 Å². The zero-order valence-electron chi connectivity index (χ0n) is 8.53. The summed E-state index contributed by atoms with van der Waals surface area (Å²) in [5.41, 5.74) is 1.12. The molecule has 0 heterocycles. The molecule has 0 fully saturated rings. The SMILES string of the molecule is CCSCCC(=O)Cc1ccccc1. The second-order valence-electron chi connectivity index (χ2n) is 3.15. The Balaban J connectivity index is 2.27. The number of carbonyl (C=O) groups excluding carboxylic acids is 1. The molecule has 0 N–H and O–H groups in total. The number of carbonyl (C=O) groups is 1. The van der Waals surface area contributed by atoms with Crippen LogP contribution in [0.15, 0.2) is 30.3 Å². The van der Waals surface area contributed by atoms with Gasteiger partial charge < -0.3 is 0 Å². The topological polar surface area (TPSA) is 17.1 Å². The van der Waals surface area contributed by atoms with Gasteiger partial charge in [-0.1, -0.05) is 37.3 Å². The zero-order valence-corrected chi connectivity index (χ0v) is 9.35. The molecule has 1 aromatic rings. The predicted octanol–water partition coefficient (Wildman–Crippen LogP) is 2.94. The molecule has 0 unspecified atom stereocenters. The first-order chi connectivity index (χ1) is 6.83. The smallest absolute Gasteiger partial charge is 0.138 e. The molecule has 0 spiro atoms. The number of rotatable bonds is 6. The van der Waals surface area contributed by atoms with E-state index in [1.165, 1.54) is 0 Å². The number of benzene rings is 1. The number of thioether (sulfide) groups is 1. The molecular formula is C12H16OS. The zero-order chi connectivity index (χ0) is 10.2. The molecule has 1 aromatic carbocycles. The Labute approximate surface area is 89.9 Å². The molecule has 0 aliphatic rings. The maximum absolute atomic E-state index is 11.5. The van der Waals surface area contributed by atoms with Gasteiger partial charge in [-0.05, 0) is 11.3 Å². The lowest BCUT2D eigenvalue weighted by Crippen LogP contribution is -2.03. The highest BCUT2D eigenvalue weighted by Crippen LogP contribution is 2.05. The third-order valence-corrected chi connectivity index (χ3v) is 2.87. The standard InChI is InChI=1S/C12H16OS/c1-2-14-9-8-12(13)10-11-6-4-3-5-7-11/h3-7H,2,8-10H2,1H3. The van der Waals surface area contributed by atoms with Crippen LogP contribution in [0.4, 0.5) is 0 Å². The maximum atomic E-state index is 11.5. The fraction of sp³-hybridized carbons (Fsp3) is 0.417. The molecule has 0 atom stereocenters. The van der Waals surface area contributed by atoms with E-state index in [4.69, 9.17) is 0 Å². The molecular weight excluding hydrogens is 192 g/mol. The Bertz CT molecular complexity index is 269. The Kier molecular flexibility index (Phi) is 5.38. The second kappa shape index (κ2) is 6.66. The van der Waals surface area contributed by atoms with Crippen molar-refractivity contribution in [2.24, 2.45) is 0 Å². The minimum Gasteiger partial charge on any atom is -0.299 e. The number of Topliss-reactive ketones (excluding diaryl/α,β-unsaturated/α-hetero) is 1. The first kappa shape index (κ1) is 11.3. The number of hydrogen-bond acceptors (Lipinski definition) is 2. The molecule has 0 saturated carbocycles. The summed E-state index contributed by atoms with van der Waals surface area (Å²) >= 11 is 1.83. The summed E-state index contributed by atoms with van der Waals surface area (Å²) in [6, 6.07) is 9.93. The number of hydrogen-bond donors (Lipinski definition) is 0. The van der Waals surface area contributed by atoms with Gasteiger partial charge in [0.15, 0.2) is 0 Å². The Morgan fingerprint density at radius 2 is 2.00 bits per heavy atom. The minimum atomic E-state index is 0.345. The Hall–Kier alpha value is -0.760. The van der Waals surface area contributed by atoms with Crippen LogP contribution < -0.4 is 0 Å². The van der Waals surface area contributed by atoms with Crippen LogP contribution in [0.3, 0.4) is 0 Å². The summed E-state index contributed by atoms with van der Waals surface area (Å²) in [5, 5.41) is 0. The second-order valence-corrected chi connectivity index (χ2v) is 4.54. The fourth-order valence-corrected chi connectivity index (χ4v) is 1.90. The molecule has 1 nitrogen and oxygen atoms in total. The molecule has 76 valence electrons. The largest absolute Gasteiger partial charge is 0.299 e. The highest BCUT2D eigenvalue weighted by molar-refractivity contribution is 7.99. The van der Waals surface area contributed by atoms with Crippen LogP contribution in [-0.2, 0) is 11.2 Å². The maximum Gasteiger partial charge on any atom is 0.138 e. The Morgan fingerprint density at radius 3 is 2.64 bits per heavy atom. The van der Waals surface area contributed by atoms with Crippen molar-refractivity contribution < 1.29 is 4.79 Å². The van der Waals surface area contributed by atoms with E-state index >= 15 is 0 Å². The van der Waals surface area contributed by atoms with Crippen LogP contribution >= 0.6 is 11.8 Å². The van der Waals surface area contributed by atoms with Crippen LogP contribution in [0.5, 0.6) is 0 Å². The van der Waals surface area contributed by atoms with Gasteiger partial charge in [0.1, 0.15) is 5.78 Å². The van der Waals surface area contributed by atoms with Gasteiger partial charge in [-0.3, -0.25) is 4.79 Å². The first-order valence-electron chi connectivity index (χ1n) is 4.96. The molecule has 0 aliphatic heterocycles. The lowest BCUT2D eigenvalue weighted by molar-refractivity contribution is -0.118. The lowest BCUT2D eigenvalue weighted by Gasteiger charge is -2.00.